The van der Waals surface area contributed by atoms with E-state index in [9.17, 15) is 24.8 Å². The molecule has 0 aliphatic rings. The van der Waals surface area contributed by atoms with Crippen molar-refractivity contribution in [1.82, 2.24) is 5.32 Å². The van der Waals surface area contributed by atoms with Gasteiger partial charge in [0.2, 0.25) is 5.91 Å². The first-order valence-corrected chi connectivity index (χ1v) is 8.94. The number of carbonyl (C=O) groups is 2. The molecule has 0 saturated heterocycles. The molecule has 9 nitrogen and oxygen atoms in total. The molecule has 2 aromatic rings. The highest BCUT2D eigenvalue weighted by Crippen LogP contribution is 2.25. The average molecular weight is 401 g/mol. The fraction of sp³-hybridized carbons (Fsp3) is 0.300. The monoisotopic (exact) mass is 401 g/mol. The minimum absolute atomic E-state index is 0.0352. The van der Waals surface area contributed by atoms with Gasteiger partial charge in [0.15, 0.2) is 0 Å². The summed E-state index contributed by atoms with van der Waals surface area (Å²) in [6.45, 7) is 2.05. The first-order valence-electron chi connectivity index (χ1n) is 8.94. The summed E-state index contributed by atoms with van der Waals surface area (Å²) < 4.78 is 5.09. The third-order valence-electron chi connectivity index (χ3n) is 4.28. The Morgan fingerprint density at radius 2 is 1.90 bits per heavy atom. The number of hydrogen-bond acceptors (Lipinski definition) is 6. The molecular weight excluding hydrogens is 378 g/mol. The number of ether oxygens (including phenoxy) is 1. The van der Waals surface area contributed by atoms with Gasteiger partial charge in [0.1, 0.15) is 17.5 Å². The topological polar surface area (TPSA) is 131 Å². The zero-order valence-corrected chi connectivity index (χ0v) is 16.2. The van der Waals surface area contributed by atoms with Gasteiger partial charge in [-0.2, -0.15) is 0 Å². The summed E-state index contributed by atoms with van der Waals surface area (Å²) in [5.41, 5.74) is 1.46. The Labute approximate surface area is 167 Å². The van der Waals surface area contributed by atoms with Crippen molar-refractivity contribution in [2.45, 2.75) is 25.8 Å². The van der Waals surface area contributed by atoms with Crippen molar-refractivity contribution in [2.75, 3.05) is 19.0 Å². The van der Waals surface area contributed by atoms with E-state index in [1.165, 1.54) is 12.1 Å². The highest BCUT2D eigenvalue weighted by Gasteiger charge is 2.22. The molecule has 0 aliphatic carbocycles. The lowest BCUT2D eigenvalue weighted by Crippen LogP contribution is -2.40. The van der Waals surface area contributed by atoms with Crippen LogP contribution in [-0.2, 0) is 16.0 Å². The number of nitrogens with zero attached hydrogens (tertiary/aromatic N) is 1. The van der Waals surface area contributed by atoms with Crippen LogP contribution < -0.4 is 15.4 Å². The summed E-state index contributed by atoms with van der Waals surface area (Å²) in [5, 5.41) is 25.8. The molecule has 0 saturated carbocycles. The van der Waals surface area contributed by atoms with Crippen LogP contribution in [0.3, 0.4) is 0 Å². The molecule has 2 aromatic carbocycles. The number of amides is 1. The van der Waals surface area contributed by atoms with Crippen molar-refractivity contribution in [3.63, 3.8) is 0 Å². The van der Waals surface area contributed by atoms with E-state index >= 15 is 0 Å². The number of hydrogen-bond donors (Lipinski definition) is 3. The molecule has 2 rings (SSSR count). The predicted octanol–water partition coefficient (Wildman–Crippen LogP) is 2.53. The van der Waals surface area contributed by atoms with Crippen LogP contribution in [0.2, 0.25) is 0 Å². The number of aliphatic carboxylic acids is 1. The summed E-state index contributed by atoms with van der Waals surface area (Å²) in [4.78, 5) is 34.3. The molecule has 9 heteroatoms. The Kier molecular flexibility index (Phi) is 7.67. The van der Waals surface area contributed by atoms with Crippen molar-refractivity contribution in [3.05, 3.63) is 63.7 Å². The molecule has 0 fully saturated rings. The Balaban J connectivity index is 1.93. The van der Waals surface area contributed by atoms with Gasteiger partial charge in [-0.05, 0) is 49.2 Å². The van der Waals surface area contributed by atoms with Crippen LogP contribution in [0.5, 0.6) is 5.75 Å². The van der Waals surface area contributed by atoms with Crippen molar-refractivity contribution < 1.29 is 24.4 Å². The van der Waals surface area contributed by atoms with Gasteiger partial charge in [-0.3, -0.25) is 19.7 Å². The van der Waals surface area contributed by atoms with E-state index in [1.54, 1.807) is 20.1 Å². The van der Waals surface area contributed by atoms with Crippen molar-refractivity contribution >= 4 is 23.3 Å². The molecular formula is C20H23N3O6. The van der Waals surface area contributed by atoms with Crippen molar-refractivity contribution in [1.29, 1.82) is 0 Å². The third-order valence-corrected chi connectivity index (χ3v) is 4.28. The van der Waals surface area contributed by atoms with Crippen molar-refractivity contribution in [3.8, 4) is 5.75 Å². The van der Waals surface area contributed by atoms with Crippen LogP contribution in [0, 0.1) is 17.0 Å². The van der Waals surface area contributed by atoms with E-state index in [-0.39, 0.29) is 17.8 Å². The first kappa shape index (κ1) is 21.8. The fourth-order valence-corrected chi connectivity index (χ4v) is 2.71. The fourth-order valence-electron chi connectivity index (χ4n) is 2.71. The maximum Gasteiger partial charge on any atom is 0.321 e. The van der Waals surface area contributed by atoms with Crippen LogP contribution in [0.15, 0.2) is 42.5 Å². The molecule has 1 atom stereocenters. The van der Waals surface area contributed by atoms with Gasteiger partial charge in [0, 0.05) is 6.07 Å². The van der Waals surface area contributed by atoms with Gasteiger partial charge < -0.3 is 20.5 Å². The molecule has 0 spiro atoms. The summed E-state index contributed by atoms with van der Waals surface area (Å²) in [7, 11) is 1.57. The number of methoxy groups -OCH3 is 1. The Hall–Kier alpha value is -3.46. The van der Waals surface area contributed by atoms with Crippen LogP contribution in [-0.4, -0.2) is 41.6 Å². The minimum Gasteiger partial charge on any atom is -0.497 e. The van der Waals surface area contributed by atoms with Crippen LogP contribution in [0.1, 0.15) is 17.5 Å². The van der Waals surface area contributed by atoms with Gasteiger partial charge in [0.25, 0.3) is 5.69 Å². The number of benzene rings is 2. The average Bonchev–Trinajstić information content (AvgIpc) is 2.68. The van der Waals surface area contributed by atoms with Gasteiger partial charge >= 0.3 is 5.97 Å². The minimum atomic E-state index is -1.17. The molecule has 0 radical (unpaired) electrons. The van der Waals surface area contributed by atoms with Crippen LogP contribution >= 0.6 is 0 Å². The lowest BCUT2D eigenvalue weighted by Gasteiger charge is -2.15. The largest absolute Gasteiger partial charge is 0.497 e. The SMILES string of the molecule is COc1ccc(CCNC(CC(=O)Nc2ccc(C)cc2[N+](=O)[O-])C(=O)O)cc1. The molecule has 1 amide bonds. The second kappa shape index (κ2) is 10.2. The Morgan fingerprint density at radius 3 is 2.48 bits per heavy atom. The highest BCUT2D eigenvalue weighted by molar-refractivity contribution is 5.95. The molecule has 29 heavy (non-hydrogen) atoms. The zero-order valence-electron chi connectivity index (χ0n) is 16.2. The maximum atomic E-state index is 12.2. The van der Waals surface area contributed by atoms with Crippen LogP contribution in [0.4, 0.5) is 11.4 Å². The normalized spacial score (nSPS) is 11.5. The number of carbonyl (C=O) groups excluding carboxylic acids is 1. The lowest BCUT2D eigenvalue weighted by atomic mass is 10.1. The van der Waals surface area contributed by atoms with E-state index in [2.05, 4.69) is 10.6 Å². The number of aryl methyl sites for hydroxylation is 1. The van der Waals surface area contributed by atoms with E-state index in [1.807, 2.05) is 24.3 Å². The smallest absolute Gasteiger partial charge is 0.321 e. The number of anilines is 1. The number of rotatable bonds is 10. The van der Waals surface area contributed by atoms with E-state index in [0.29, 0.717) is 18.5 Å². The van der Waals surface area contributed by atoms with E-state index in [4.69, 9.17) is 4.74 Å². The quantitative estimate of drug-likeness (QED) is 0.412. The zero-order chi connectivity index (χ0) is 21.4. The number of nitrogens with one attached hydrogen (secondary N) is 2. The number of nitro benzene ring substituents is 1. The molecule has 154 valence electrons. The molecule has 0 aliphatic heterocycles. The number of carboxylic acids is 1. The Morgan fingerprint density at radius 1 is 1.21 bits per heavy atom. The van der Waals surface area contributed by atoms with Crippen LogP contribution in [0.25, 0.3) is 0 Å². The highest BCUT2D eigenvalue weighted by atomic mass is 16.6. The lowest BCUT2D eigenvalue weighted by molar-refractivity contribution is -0.384. The molecule has 3 N–H and O–H groups in total. The van der Waals surface area contributed by atoms with E-state index < -0.39 is 22.8 Å². The second-order valence-electron chi connectivity index (χ2n) is 6.47. The molecule has 0 aromatic heterocycles. The Bertz CT molecular complexity index is 882. The molecule has 0 bridgehead atoms. The molecule has 1 unspecified atom stereocenters. The summed E-state index contributed by atoms with van der Waals surface area (Å²) in [5.74, 6) is -1.07. The van der Waals surface area contributed by atoms with Gasteiger partial charge in [-0.25, -0.2) is 0 Å². The molecule has 0 heterocycles. The van der Waals surface area contributed by atoms with E-state index in [0.717, 1.165) is 11.3 Å². The van der Waals surface area contributed by atoms with Gasteiger partial charge in [0.05, 0.1) is 18.5 Å². The maximum absolute atomic E-state index is 12.2. The summed E-state index contributed by atoms with van der Waals surface area (Å²) in [6, 6.07) is 10.7. The number of nitro groups is 1. The predicted molar refractivity (Wildman–Crippen MR) is 107 cm³/mol. The first-order chi connectivity index (χ1) is 13.8. The van der Waals surface area contributed by atoms with Crippen molar-refractivity contribution in [2.24, 2.45) is 0 Å². The summed E-state index contributed by atoms with van der Waals surface area (Å²) >= 11 is 0. The second-order valence-corrected chi connectivity index (χ2v) is 6.47. The van der Waals surface area contributed by atoms with Gasteiger partial charge in [-0.1, -0.05) is 18.2 Å². The van der Waals surface area contributed by atoms with Gasteiger partial charge in [-0.15, -0.1) is 0 Å². The summed E-state index contributed by atoms with van der Waals surface area (Å²) in [6.07, 6.45) is 0.210. The third kappa shape index (κ3) is 6.58. The number of carboxylic acid groups (broad SMARTS) is 1. The standard InChI is InChI=1S/C20H23N3O6/c1-13-3-8-16(18(11-13)23(27)28)22-19(24)12-17(20(25)26)21-10-9-14-4-6-15(29-2)7-5-14/h3-8,11,17,21H,9-10,12H2,1-2H3,(H,22,24)(H,25,26).